The Morgan fingerprint density at radius 1 is 0.935 bits per heavy atom. The average Bonchev–Trinajstić information content (AvgIpc) is 2.78. The lowest BCUT2D eigenvalue weighted by Gasteiger charge is -2.42. The molecule has 1 amide bonds. The number of likely N-dealkylation sites (N-methyl/N-ethyl adjacent to an activating group) is 1. The third kappa shape index (κ3) is 4.93. The molecule has 0 N–H and O–H groups in total. The molecule has 1 unspecified atom stereocenters. The first-order valence-corrected chi connectivity index (χ1v) is 10.8. The van der Waals surface area contributed by atoms with Crippen molar-refractivity contribution in [2.75, 3.05) is 46.3 Å². The number of hydrogen-bond donors (Lipinski definition) is 0. The number of nitrogens with zero attached hydrogens (tertiary/aromatic N) is 3. The van der Waals surface area contributed by atoms with Gasteiger partial charge in [0.2, 0.25) is 0 Å². The van der Waals surface area contributed by atoms with Crippen LogP contribution in [0.3, 0.4) is 0 Å². The van der Waals surface area contributed by atoms with Crippen LogP contribution in [-0.2, 0) is 6.18 Å². The Morgan fingerprint density at radius 2 is 1.61 bits per heavy atom. The predicted octanol–water partition coefficient (Wildman–Crippen LogP) is 4.22. The minimum absolute atomic E-state index is 0.0593. The molecule has 7 heteroatoms. The van der Waals surface area contributed by atoms with Crippen LogP contribution in [0.4, 0.5) is 13.2 Å². The molecule has 2 aliphatic rings. The number of hydrogen-bond acceptors (Lipinski definition) is 3. The summed E-state index contributed by atoms with van der Waals surface area (Å²) in [5.74, 6) is -0.0593. The summed E-state index contributed by atoms with van der Waals surface area (Å²) in [6.45, 7) is 5.26. The summed E-state index contributed by atoms with van der Waals surface area (Å²) in [7, 11) is 2.16. The number of piperidine rings is 1. The van der Waals surface area contributed by atoms with E-state index in [4.69, 9.17) is 0 Å². The van der Waals surface area contributed by atoms with Gasteiger partial charge in [0.05, 0.1) is 5.56 Å². The molecule has 4 nitrogen and oxygen atoms in total. The van der Waals surface area contributed by atoms with Crippen LogP contribution < -0.4 is 0 Å². The molecule has 0 aromatic heterocycles. The summed E-state index contributed by atoms with van der Waals surface area (Å²) in [5.41, 5.74) is 1.12. The first-order chi connectivity index (χ1) is 14.8. The lowest BCUT2D eigenvalue weighted by Crippen LogP contribution is -2.55. The zero-order chi connectivity index (χ0) is 22.0. The minimum atomic E-state index is -4.37. The third-order valence-corrected chi connectivity index (χ3v) is 6.40. The molecule has 0 spiro atoms. The van der Waals surface area contributed by atoms with E-state index < -0.39 is 11.7 Å². The van der Waals surface area contributed by atoms with Gasteiger partial charge in [-0.15, -0.1) is 0 Å². The quantitative estimate of drug-likeness (QED) is 0.728. The van der Waals surface area contributed by atoms with Crippen LogP contribution in [-0.4, -0.2) is 73.0 Å². The molecule has 0 bridgehead atoms. The van der Waals surface area contributed by atoms with Gasteiger partial charge in [-0.05, 0) is 55.8 Å². The van der Waals surface area contributed by atoms with Crippen LogP contribution in [0.25, 0.3) is 11.1 Å². The Labute approximate surface area is 181 Å². The molecule has 0 saturated carbocycles. The van der Waals surface area contributed by atoms with Gasteiger partial charge < -0.3 is 9.80 Å². The van der Waals surface area contributed by atoms with E-state index in [-0.39, 0.29) is 5.91 Å². The standard InChI is InChI=1S/C24H28F3N3O/c1-28-12-4-5-20(17-28)29-13-15-30(16-14-29)23(31)22-7-3-2-6-21(22)18-8-10-19(11-9-18)24(25,26)27/h2-3,6-11,20H,4-5,12-17H2,1H3. The van der Waals surface area contributed by atoms with Gasteiger partial charge in [0.25, 0.3) is 5.91 Å². The highest BCUT2D eigenvalue weighted by molar-refractivity contribution is 6.01. The van der Waals surface area contributed by atoms with Crippen molar-refractivity contribution in [1.29, 1.82) is 0 Å². The van der Waals surface area contributed by atoms with Gasteiger partial charge in [-0.25, -0.2) is 0 Å². The topological polar surface area (TPSA) is 26.8 Å². The van der Waals surface area contributed by atoms with Crippen molar-refractivity contribution in [3.05, 3.63) is 59.7 Å². The van der Waals surface area contributed by atoms with Crippen molar-refractivity contribution in [1.82, 2.24) is 14.7 Å². The van der Waals surface area contributed by atoms with Crippen LogP contribution in [0.5, 0.6) is 0 Å². The Morgan fingerprint density at radius 3 is 2.26 bits per heavy atom. The molecule has 1 atom stereocenters. The molecule has 2 saturated heterocycles. The maximum absolute atomic E-state index is 13.3. The van der Waals surface area contributed by atoms with Crippen molar-refractivity contribution in [2.45, 2.75) is 25.1 Å². The van der Waals surface area contributed by atoms with Crippen LogP contribution in [0.2, 0.25) is 0 Å². The third-order valence-electron chi connectivity index (χ3n) is 6.40. The summed E-state index contributed by atoms with van der Waals surface area (Å²) in [6.07, 6.45) is -1.96. The maximum atomic E-state index is 13.3. The van der Waals surface area contributed by atoms with Gasteiger partial charge in [-0.2, -0.15) is 13.2 Å². The number of carbonyl (C=O) groups excluding carboxylic acids is 1. The van der Waals surface area contributed by atoms with Crippen molar-refractivity contribution in [2.24, 2.45) is 0 Å². The highest BCUT2D eigenvalue weighted by Gasteiger charge is 2.31. The number of alkyl halides is 3. The van der Waals surface area contributed by atoms with Crippen LogP contribution in [0.1, 0.15) is 28.8 Å². The van der Waals surface area contributed by atoms with E-state index in [1.54, 1.807) is 24.3 Å². The van der Waals surface area contributed by atoms with E-state index in [1.807, 2.05) is 4.90 Å². The summed E-state index contributed by atoms with van der Waals surface area (Å²) in [6, 6.07) is 12.7. The molecule has 2 aromatic rings. The zero-order valence-electron chi connectivity index (χ0n) is 17.7. The Bertz CT molecular complexity index is 905. The summed E-state index contributed by atoms with van der Waals surface area (Å²) in [4.78, 5) is 20.0. The Kier molecular flexibility index (Phi) is 6.34. The second-order valence-electron chi connectivity index (χ2n) is 8.51. The lowest BCUT2D eigenvalue weighted by molar-refractivity contribution is -0.137. The highest BCUT2D eigenvalue weighted by Crippen LogP contribution is 2.32. The second kappa shape index (κ2) is 9.01. The van der Waals surface area contributed by atoms with E-state index in [9.17, 15) is 18.0 Å². The first-order valence-electron chi connectivity index (χ1n) is 10.8. The van der Waals surface area contributed by atoms with Gasteiger partial charge >= 0.3 is 6.18 Å². The summed E-state index contributed by atoms with van der Waals surface area (Å²) < 4.78 is 38.7. The van der Waals surface area contributed by atoms with Gasteiger partial charge in [0.1, 0.15) is 0 Å². The van der Waals surface area contributed by atoms with Crippen LogP contribution in [0.15, 0.2) is 48.5 Å². The highest BCUT2D eigenvalue weighted by atomic mass is 19.4. The number of likely N-dealkylation sites (tertiary alicyclic amines) is 1. The maximum Gasteiger partial charge on any atom is 0.416 e. The summed E-state index contributed by atoms with van der Waals surface area (Å²) >= 11 is 0. The molecule has 2 fully saturated rings. The number of benzene rings is 2. The fourth-order valence-corrected chi connectivity index (χ4v) is 4.66. The molecule has 166 valence electrons. The monoisotopic (exact) mass is 431 g/mol. The van der Waals surface area contributed by atoms with E-state index in [2.05, 4.69) is 16.8 Å². The number of amides is 1. The molecule has 0 radical (unpaired) electrons. The van der Waals surface area contributed by atoms with Gasteiger partial charge in [0.15, 0.2) is 0 Å². The second-order valence-corrected chi connectivity index (χ2v) is 8.51. The molecular formula is C24H28F3N3O. The molecule has 2 aromatic carbocycles. The first kappa shape index (κ1) is 21.8. The van der Waals surface area contributed by atoms with Crippen molar-refractivity contribution in [3.63, 3.8) is 0 Å². The lowest BCUT2D eigenvalue weighted by atomic mass is 9.97. The number of halogens is 3. The van der Waals surface area contributed by atoms with Gasteiger partial charge in [-0.3, -0.25) is 9.69 Å². The van der Waals surface area contributed by atoms with E-state index in [1.165, 1.54) is 25.0 Å². The fraction of sp³-hybridized carbons (Fsp3) is 0.458. The largest absolute Gasteiger partial charge is 0.416 e. The van der Waals surface area contributed by atoms with Crippen LogP contribution >= 0.6 is 0 Å². The van der Waals surface area contributed by atoms with E-state index in [0.29, 0.717) is 35.8 Å². The molecule has 0 aliphatic carbocycles. The number of carbonyl (C=O) groups is 1. The van der Waals surface area contributed by atoms with Crippen molar-refractivity contribution in [3.8, 4) is 11.1 Å². The van der Waals surface area contributed by atoms with E-state index >= 15 is 0 Å². The fourth-order valence-electron chi connectivity index (χ4n) is 4.66. The average molecular weight is 432 g/mol. The SMILES string of the molecule is CN1CCCC(N2CCN(C(=O)c3ccccc3-c3ccc(C(F)(F)F)cc3)CC2)C1. The van der Waals surface area contributed by atoms with Crippen LogP contribution in [0, 0.1) is 0 Å². The molecule has 4 rings (SSSR count). The summed E-state index contributed by atoms with van der Waals surface area (Å²) in [5, 5.41) is 0. The van der Waals surface area contributed by atoms with E-state index in [0.717, 1.165) is 38.3 Å². The smallest absolute Gasteiger partial charge is 0.336 e. The van der Waals surface area contributed by atoms with Gasteiger partial charge in [-0.1, -0.05) is 30.3 Å². The Hall–Kier alpha value is -2.38. The van der Waals surface area contributed by atoms with Crippen molar-refractivity contribution >= 4 is 5.91 Å². The number of piperazine rings is 1. The normalized spacial score (nSPS) is 21.3. The zero-order valence-corrected chi connectivity index (χ0v) is 17.7. The predicted molar refractivity (Wildman–Crippen MR) is 115 cm³/mol. The number of rotatable bonds is 3. The van der Waals surface area contributed by atoms with Gasteiger partial charge in [0, 0.05) is 44.3 Å². The Balaban J connectivity index is 1.46. The molecule has 2 heterocycles. The molecule has 2 aliphatic heterocycles. The minimum Gasteiger partial charge on any atom is -0.336 e. The molecule has 31 heavy (non-hydrogen) atoms. The molecular weight excluding hydrogens is 403 g/mol. The van der Waals surface area contributed by atoms with Crippen molar-refractivity contribution < 1.29 is 18.0 Å².